The van der Waals surface area contributed by atoms with Gasteiger partial charge in [-0.25, -0.2) is 9.97 Å². The highest BCUT2D eigenvalue weighted by atomic mass is 35.5. The molecule has 0 saturated carbocycles. The van der Waals surface area contributed by atoms with Crippen molar-refractivity contribution in [2.45, 2.75) is 13.8 Å². The number of nitrogens with one attached hydrogen (secondary N) is 1. The van der Waals surface area contributed by atoms with Gasteiger partial charge in [-0.15, -0.1) is 0 Å². The Morgan fingerprint density at radius 2 is 2.00 bits per heavy atom. The smallest absolute Gasteiger partial charge is 0.183 e. The van der Waals surface area contributed by atoms with Crippen LogP contribution in [0.2, 0.25) is 5.02 Å². The summed E-state index contributed by atoms with van der Waals surface area (Å²) in [6.07, 6.45) is 3.72. The van der Waals surface area contributed by atoms with Crippen molar-refractivity contribution in [1.29, 1.82) is 5.26 Å². The van der Waals surface area contributed by atoms with Crippen LogP contribution in [0.15, 0.2) is 24.5 Å². The Morgan fingerprint density at radius 1 is 1.22 bits per heavy atom. The molecule has 134 valence electrons. The molecule has 0 atom stereocenters. The van der Waals surface area contributed by atoms with E-state index in [9.17, 15) is 5.26 Å². The molecule has 0 saturated heterocycles. The van der Waals surface area contributed by atoms with Gasteiger partial charge in [0.15, 0.2) is 11.5 Å². The van der Waals surface area contributed by atoms with Gasteiger partial charge in [-0.2, -0.15) is 10.4 Å². The van der Waals surface area contributed by atoms with Crippen LogP contribution in [-0.4, -0.2) is 24.7 Å². The monoisotopic (exact) mass is 377 g/mol. The molecule has 3 N–H and O–H groups in total. The molecule has 0 aliphatic rings. The molecule has 3 aromatic heterocycles. The van der Waals surface area contributed by atoms with Crippen molar-refractivity contribution in [2.24, 2.45) is 7.05 Å². The van der Waals surface area contributed by atoms with E-state index in [0.717, 1.165) is 33.3 Å². The SMILES string of the molecule is Cc1cn(C)c(C)c1-c1nc(N)c(C#N)nc1-c1cc(Cl)c2[nH]ncc2c1. The molecular weight excluding hydrogens is 362 g/mol. The lowest BCUT2D eigenvalue weighted by Crippen LogP contribution is -2.04. The summed E-state index contributed by atoms with van der Waals surface area (Å²) in [5.74, 6) is 0.106. The Hall–Kier alpha value is -3.37. The van der Waals surface area contributed by atoms with Crippen LogP contribution in [0.1, 0.15) is 17.0 Å². The van der Waals surface area contributed by atoms with Gasteiger partial charge in [-0.05, 0) is 31.5 Å². The third kappa shape index (κ3) is 2.62. The Balaban J connectivity index is 2.08. The number of nitrogen functional groups attached to an aromatic ring is 1. The van der Waals surface area contributed by atoms with E-state index in [1.165, 1.54) is 0 Å². The third-order valence-electron chi connectivity index (χ3n) is 4.71. The summed E-state index contributed by atoms with van der Waals surface area (Å²) in [7, 11) is 1.97. The third-order valence-corrected chi connectivity index (χ3v) is 5.01. The van der Waals surface area contributed by atoms with Gasteiger partial charge < -0.3 is 10.3 Å². The van der Waals surface area contributed by atoms with Crippen molar-refractivity contribution >= 4 is 28.3 Å². The van der Waals surface area contributed by atoms with E-state index in [2.05, 4.69) is 20.2 Å². The predicted molar refractivity (Wildman–Crippen MR) is 105 cm³/mol. The lowest BCUT2D eigenvalue weighted by Gasteiger charge is -2.12. The van der Waals surface area contributed by atoms with Crippen molar-refractivity contribution < 1.29 is 0 Å². The number of H-pyrrole nitrogens is 1. The quantitative estimate of drug-likeness (QED) is 0.552. The van der Waals surface area contributed by atoms with Crippen molar-refractivity contribution in [3.05, 3.63) is 46.5 Å². The number of aromatic amines is 1. The van der Waals surface area contributed by atoms with E-state index in [1.54, 1.807) is 12.3 Å². The second-order valence-electron chi connectivity index (χ2n) is 6.44. The average molecular weight is 378 g/mol. The van der Waals surface area contributed by atoms with E-state index < -0.39 is 0 Å². The maximum absolute atomic E-state index is 9.38. The fourth-order valence-electron chi connectivity index (χ4n) is 3.33. The number of nitrogens with zero attached hydrogens (tertiary/aromatic N) is 5. The van der Waals surface area contributed by atoms with Crippen molar-refractivity contribution in [3.63, 3.8) is 0 Å². The molecule has 3 heterocycles. The summed E-state index contributed by atoms with van der Waals surface area (Å²) in [6, 6.07) is 5.72. The van der Waals surface area contributed by atoms with Gasteiger partial charge in [0, 0.05) is 35.5 Å². The number of rotatable bonds is 2. The number of aryl methyl sites for hydroxylation is 2. The summed E-state index contributed by atoms with van der Waals surface area (Å²) in [4.78, 5) is 9.05. The van der Waals surface area contributed by atoms with Gasteiger partial charge in [0.05, 0.1) is 22.4 Å². The summed E-state index contributed by atoms with van der Waals surface area (Å²) >= 11 is 6.41. The van der Waals surface area contributed by atoms with Crippen LogP contribution in [0.5, 0.6) is 0 Å². The highest BCUT2D eigenvalue weighted by molar-refractivity contribution is 6.35. The van der Waals surface area contributed by atoms with Crippen molar-refractivity contribution in [3.8, 4) is 28.6 Å². The molecule has 0 amide bonds. The first-order valence-corrected chi connectivity index (χ1v) is 8.62. The molecule has 7 nitrogen and oxygen atoms in total. The largest absolute Gasteiger partial charge is 0.381 e. The number of fused-ring (bicyclic) bond motifs is 1. The Bertz CT molecular complexity index is 1240. The molecule has 0 radical (unpaired) electrons. The Morgan fingerprint density at radius 3 is 2.67 bits per heavy atom. The van der Waals surface area contributed by atoms with E-state index in [1.807, 2.05) is 43.8 Å². The number of hydrogen-bond acceptors (Lipinski definition) is 5. The normalized spacial score (nSPS) is 11.1. The molecular formula is C19H16ClN7. The number of aromatic nitrogens is 5. The van der Waals surface area contributed by atoms with Crippen molar-refractivity contribution in [2.75, 3.05) is 5.73 Å². The molecule has 0 spiro atoms. The topological polar surface area (TPSA) is 109 Å². The fourth-order valence-corrected chi connectivity index (χ4v) is 3.60. The van der Waals surface area contributed by atoms with E-state index in [0.29, 0.717) is 16.4 Å². The van der Waals surface area contributed by atoms with Crippen LogP contribution >= 0.6 is 11.6 Å². The highest BCUT2D eigenvalue weighted by Crippen LogP contribution is 2.37. The van der Waals surface area contributed by atoms with E-state index in [4.69, 9.17) is 17.3 Å². The standard InChI is InChI=1S/C19H16ClN7/c1-9-8-27(3)10(2)15(9)18-17(24-14(6-21)19(22)25-18)11-4-12-7-23-26-16(12)13(20)5-11/h4-5,7-8H,1-3H3,(H2,22,25)(H,23,26). The van der Waals surface area contributed by atoms with Crippen molar-refractivity contribution in [1.82, 2.24) is 24.7 Å². The number of nitrogens with two attached hydrogens (primary N) is 1. The number of anilines is 1. The molecule has 0 unspecified atom stereocenters. The zero-order chi connectivity index (χ0) is 19.3. The van der Waals surface area contributed by atoms with Crippen LogP contribution in [0.25, 0.3) is 33.4 Å². The van der Waals surface area contributed by atoms with Gasteiger partial charge in [0.25, 0.3) is 0 Å². The second-order valence-corrected chi connectivity index (χ2v) is 6.85. The highest BCUT2D eigenvalue weighted by Gasteiger charge is 2.21. The molecule has 4 aromatic rings. The van der Waals surface area contributed by atoms with E-state index in [-0.39, 0.29) is 11.5 Å². The van der Waals surface area contributed by atoms with Crippen LogP contribution in [0.4, 0.5) is 5.82 Å². The summed E-state index contributed by atoms with van der Waals surface area (Å²) in [5, 5.41) is 17.7. The zero-order valence-electron chi connectivity index (χ0n) is 15.0. The van der Waals surface area contributed by atoms with E-state index >= 15 is 0 Å². The maximum Gasteiger partial charge on any atom is 0.183 e. The van der Waals surface area contributed by atoms with Gasteiger partial charge in [0.1, 0.15) is 11.8 Å². The molecule has 0 aliphatic carbocycles. The first-order valence-electron chi connectivity index (χ1n) is 8.24. The second kappa shape index (κ2) is 6.11. The minimum atomic E-state index is 0.0865. The van der Waals surface area contributed by atoms with Gasteiger partial charge >= 0.3 is 0 Å². The van der Waals surface area contributed by atoms with Crippen LogP contribution in [0.3, 0.4) is 0 Å². The minimum Gasteiger partial charge on any atom is -0.381 e. The molecule has 0 aliphatic heterocycles. The number of benzene rings is 1. The Kier molecular flexibility index (Phi) is 3.86. The van der Waals surface area contributed by atoms with Crippen LogP contribution < -0.4 is 5.73 Å². The molecule has 27 heavy (non-hydrogen) atoms. The lowest BCUT2D eigenvalue weighted by molar-refractivity contribution is 0.881. The number of halogens is 1. The summed E-state index contributed by atoms with van der Waals surface area (Å²) < 4.78 is 2.02. The number of hydrogen-bond donors (Lipinski definition) is 2. The average Bonchev–Trinajstić information content (AvgIpc) is 3.20. The van der Waals surface area contributed by atoms with Gasteiger partial charge in [-0.3, -0.25) is 5.10 Å². The molecule has 0 fully saturated rings. The lowest BCUT2D eigenvalue weighted by atomic mass is 10.0. The maximum atomic E-state index is 9.38. The molecule has 8 heteroatoms. The molecule has 0 bridgehead atoms. The van der Waals surface area contributed by atoms with Gasteiger partial charge in [0.2, 0.25) is 0 Å². The first kappa shape index (κ1) is 17.1. The van der Waals surface area contributed by atoms with Crippen LogP contribution in [-0.2, 0) is 7.05 Å². The Labute approximate surface area is 160 Å². The van der Waals surface area contributed by atoms with Crippen LogP contribution in [0, 0.1) is 25.2 Å². The molecule has 1 aromatic carbocycles. The van der Waals surface area contributed by atoms with Gasteiger partial charge in [-0.1, -0.05) is 11.6 Å². The summed E-state index contributed by atoms with van der Waals surface area (Å²) in [5.41, 5.74) is 11.8. The fraction of sp³-hybridized carbons (Fsp3) is 0.158. The minimum absolute atomic E-state index is 0.0865. The number of nitriles is 1. The predicted octanol–water partition coefficient (Wildman–Crippen LogP) is 3.75. The first-order chi connectivity index (χ1) is 12.9. The summed E-state index contributed by atoms with van der Waals surface area (Å²) in [6.45, 7) is 4.02. The molecule has 4 rings (SSSR count). The zero-order valence-corrected chi connectivity index (χ0v) is 15.8.